The van der Waals surface area contributed by atoms with Gasteiger partial charge in [0.2, 0.25) is 0 Å². The molecule has 1 aromatic rings. The first-order chi connectivity index (χ1) is 4.88. The van der Waals surface area contributed by atoms with Crippen LogP contribution < -0.4 is 2.81 Å². The Morgan fingerprint density at radius 1 is 1.40 bits per heavy atom. The van der Waals surface area contributed by atoms with Gasteiger partial charge in [0.25, 0.3) is 0 Å². The Labute approximate surface area is 76.9 Å². The first-order valence-electron chi connectivity index (χ1n) is 3.30. The van der Waals surface area contributed by atoms with E-state index in [1.165, 1.54) is 5.56 Å². The van der Waals surface area contributed by atoms with Crippen LogP contribution in [0.1, 0.15) is 12.5 Å². The molecule has 0 unspecified atom stereocenters. The summed E-state index contributed by atoms with van der Waals surface area (Å²) in [6.45, 7) is 2.13. The molecule has 1 nitrogen and oxygen atoms in total. The second-order valence-electron chi connectivity index (χ2n) is 2.06. The van der Waals surface area contributed by atoms with Gasteiger partial charge in [0.05, 0.1) is 0 Å². The summed E-state index contributed by atoms with van der Waals surface area (Å²) in [5.41, 5.74) is 1.29. The SMILES string of the molecule is CCc1ccccc1[O][Zr]. The number of rotatable bonds is 2. The Hall–Kier alpha value is -0.0969. The van der Waals surface area contributed by atoms with Gasteiger partial charge in [0.1, 0.15) is 0 Å². The van der Waals surface area contributed by atoms with Crippen molar-refractivity contribution in [3.05, 3.63) is 29.8 Å². The van der Waals surface area contributed by atoms with E-state index < -0.39 is 0 Å². The van der Waals surface area contributed by atoms with E-state index >= 15 is 0 Å². The van der Waals surface area contributed by atoms with E-state index in [1.807, 2.05) is 18.2 Å². The predicted molar refractivity (Wildman–Crippen MR) is 36.4 cm³/mol. The van der Waals surface area contributed by atoms with Crippen LogP contribution in [0.2, 0.25) is 0 Å². The van der Waals surface area contributed by atoms with E-state index in [-0.39, 0.29) is 0 Å². The van der Waals surface area contributed by atoms with E-state index in [9.17, 15) is 0 Å². The van der Waals surface area contributed by atoms with Gasteiger partial charge in [0, 0.05) is 0 Å². The molecule has 51 valence electrons. The molecule has 0 aliphatic heterocycles. The molecule has 0 aromatic heterocycles. The Balaban J connectivity index is 2.96. The third-order valence-corrected chi connectivity index (χ3v) is 2.00. The van der Waals surface area contributed by atoms with E-state index in [2.05, 4.69) is 13.0 Å². The van der Waals surface area contributed by atoms with Gasteiger partial charge in [-0.05, 0) is 0 Å². The molecule has 0 aliphatic carbocycles. The maximum absolute atomic E-state index is 5.23. The molecule has 0 bridgehead atoms. The molecule has 1 rings (SSSR count). The molecule has 0 radical (unpaired) electrons. The number of para-hydroxylation sites is 1. The summed E-state index contributed by atoms with van der Waals surface area (Å²) in [5, 5.41) is 0. The fraction of sp³-hybridized carbons (Fsp3) is 0.250. The van der Waals surface area contributed by atoms with Gasteiger partial charge in [-0.1, -0.05) is 0 Å². The summed E-state index contributed by atoms with van der Waals surface area (Å²) < 4.78 is 5.23. The van der Waals surface area contributed by atoms with Gasteiger partial charge in [-0.2, -0.15) is 0 Å². The Kier molecular flexibility index (Phi) is 3.14. The molecule has 1 aromatic carbocycles. The molecule has 0 atom stereocenters. The fourth-order valence-electron chi connectivity index (χ4n) is 0.895. The summed E-state index contributed by atoms with van der Waals surface area (Å²) >= 11 is 1.10. The monoisotopic (exact) mass is 211 g/mol. The van der Waals surface area contributed by atoms with Crippen molar-refractivity contribution in [3.8, 4) is 5.75 Å². The Morgan fingerprint density at radius 3 is 2.60 bits per heavy atom. The second kappa shape index (κ2) is 3.92. The Morgan fingerprint density at radius 2 is 2.10 bits per heavy atom. The number of aryl methyl sites for hydroxylation is 1. The third-order valence-electron chi connectivity index (χ3n) is 1.46. The normalized spacial score (nSPS) is 9.20. The molecule has 0 heterocycles. The van der Waals surface area contributed by atoms with Crippen LogP contribution in [0.25, 0.3) is 0 Å². The molecule has 0 aliphatic rings. The van der Waals surface area contributed by atoms with Crippen LogP contribution in [-0.4, -0.2) is 0 Å². The summed E-state index contributed by atoms with van der Waals surface area (Å²) in [6, 6.07) is 8.14. The van der Waals surface area contributed by atoms with Crippen LogP contribution in [0.15, 0.2) is 24.3 Å². The van der Waals surface area contributed by atoms with E-state index in [4.69, 9.17) is 2.81 Å². The first-order valence-corrected chi connectivity index (χ1v) is 4.30. The third kappa shape index (κ3) is 1.70. The topological polar surface area (TPSA) is 9.23 Å². The second-order valence-corrected chi connectivity index (χ2v) is 2.57. The molecular weight excluding hydrogens is 203 g/mol. The van der Waals surface area contributed by atoms with E-state index in [0.29, 0.717) is 0 Å². The minimum atomic E-state index is 1.03. The number of hydrogen-bond acceptors (Lipinski definition) is 1. The number of benzene rings is 1. The van der Waals surface area contributed by atoms with Crippen LogP contribution in [0.5, 0.6) is 5.75 Å². The van der Waals surface area contributed by atoms with E-state index in [0.717, 1.165) is 37.3 Å². The van der Waals surface area contributed by atoms with Crippen molar-refractivity contribution in [2.75, 3.05) is 0 Å². The maximum atomic E-state index is 5.23. The van der Waals surface area contributed by atoms with Gasteiger partial charge in [0.15, 0.2) is 0 Å². The molecule has 0 amide bonds. The molecule has 0 saturated carbocycles. The fourth-order valence-corrected chi connectivity index (χ4v) is 1.38. The van der Waals surface area contributed by atoms with Crippen LogP contribution in [0.3, 0.4) is 0 Å². The molecule has 0 fully saturated rings. The molecule has 10 heavy (non-hydrogen) atoms. The average Bonchev–Trinajstić information content (AvgIpc) is 2.04. The molecule has 0 saturated heterocycles. The van der Waals surface area contributed by atoms with Crippen LogP contribution >= 0.6 is 0 Å². The van der Waals surface area contributed by atoms with Crippen molar-refractivity contribution < 1.29 is 28.0 Å². The van der Waals surface area contributed by atoms with Crippen molar-refractivity contribution in [2.24, 2.45) is 0 Å². The summed E-state index contributed by atoms with van der Waals surface area (Å²) in [6.07, 6.45) is 1.05. The first kappa shape index (κ1) is 8.00. The summed E-state index contributed by atoms with van der Waals surface area (Å²) in [5.74, 6) is 1.03. The molecule has 0 spiro atoms. The quantitative estimate of drug-likeness (QED) is 0.729. The van der Waals surface area contributed by atoms with Crippen molar-refractivity contribution in [2.45, 2.75) is 13.3 Å². The van der Waals surface area contributed by atoms with Crippen molar-refractivity contribution in [3.63, 3.8) is 0 Å². The van der Waals surface area contributed by atoms with Crippen molar-refractivity contribution in [1.82, 2.24) is 0 Å². The van der Waals surface area contributed by atoms with Gasteiger partial charge < -0.3 is 0 Å². The van der Waals surface area contributed by atoms with Gasteiger partial charge in [-0.3, -0.25) is 0 Å². The van der Waals surface area contributed by atoms with Crippen molar-refractivity contribution >= 4 is 0 Å². The Bertz CT molecular complexity index is 187. The average molecular weight is 212 g/mol. The zero-order valence-electron chi connectivity index (χ0n) is 5.92. The minimum absolute atomic E-state index is 1.03. The zero-order valence-corrected chi connectivity index (χ0v) is 8.38. The summed E-state index contributed by atoms with van der Waals surface area (Å²) in [7, 11) is 0. The van der Waals surface area contributed by atoms with Gasteiger partial charge in [-0.25, -0.2) is 0 Å². The zero-order chi connectivity index (χ0) is 7.40. The number of hydrogen-bond donors (Lipinski definition) is 0. The van der Waals surface area contributed by atoms with Gasteiger partial charge >= 0.3 is 76.9 Å². The molecule has 0 N–H and O–H groups in total. The summed E-state index contributed by atoms with van der Waals surface area (Å²) in [4.78, 5) is 0. The standard InChI is InChI=1S/C8H10O.Zr/c1-2-7-5-3-4-6-8(7)9;/h3-6,9H,2H2,1H3;/q;+1/p-1. The van der Waals surface area contributed by atoms with E-state index in [1.54, 1.807) is 0 Å². The van der Waals surface area contributed by atoms with Gasteiger partial charge in [-0.15, -0.1) is 0 Å². The predicted octanol–water partition coefficient (Wildman–Crippen LogP) is 2.09. The van der Waals surface area contributed by atoms with Crippen LogP contribution in [-0.2, 0) is 31.6 Å². The molecule has 2 heteroatoms. The van der Waals surface area contributed by atoms with Crippen LogP contribution in [0.4, 0.5) is 0 Å². The van der Waals surface area contributed by atoms with Crippen molar-refractivity contribution in [1.29, 1.82) is 0 Å². The molecular formula is C8H9OZr. The van der Waals surface area contributed by atoms with Crippen LogP contribution in [0, 0.1) is 0 Å².